The van der Waals surface area contributed by atoms with Crippen LogP contribution in [0.3, 0.4) is 0 Å². The topological polar surface area (TPSA) is 78.6 Å². The second-order valence-corrected chi connectivity index (χ2v) is 7.34. The van der Waals surface area contributed by atoms with Gasteiger partial charge in [-0.2, -0.15) is 0 Å². The Balaban J connectivity index is 1.68. The fraction of sp³-hybridized carbons (Fsp3) is 0.529. The molecule has 2 aromatic rings. The van der Waals surface area contributed by atoms with Gasteiger partial charge in [0.25, 0.3) is 5.91 Å². The van der Waals surface area contributed by atoms with Gasteiger partial charge in [-0.1, -0.05) is 5.16 Å². The summed E-state index contributed by atoms with van der Waals surface area (Å²) >= 11 is 1.64. The summed E-state index contributed by atoms with van der Waals surface area (Å²) in [5.74, 6) is 0.787. The molecule has 1 aliphatic heterocycles. The Bertz CT molecular complexity index is 716. The number of thiophene rings is 1. The molecule has 0 saturated heterocycles. The Morgan fingerprint density at radius 3 is 3.00 bits per heavy atom. The standard InChI is InChI=1S/C17H23N3O3S/c1-10(21)6-18-17(22)15-9-24-16-8-20(5-4-13(15)16)7-14-11(2)19-23-12(14)3/h9-10,21H,4-8H2,1-3H3,(H,18,22)/t10-/m0/s1. The molecule has 2 aromatic heterocycles. The van der Waals surface area contributed by atoms with E-state index in [1.165, 1.54) is 4.88 Å². The predicted octanol–water partition coefficient (Wildman–Crippen LogP) is 2.02. The lowest BCUT2D eigenvalue weighted by atomic mass is 10.0. The number of carbonyl (C=O) groups excluding carboxylic acids is 1. The van der Waals surface area contributed by atoms with Crippen LogP contribution in [0, 0.1) is 13.8 Å². The number of aliphatic hydroxyl groups is 1. The van der Waals surface area contributed by atoms with Gasteiger partial charge in [0.05, 0.1) is 17.4 Å². The highest BCUT2D eigenvalue weighted by atomic mass is 32.1. The van der Waals surface area contributed by atoms with Crippen LogP contribution in [0.5, 0.6) is 0 Å². The van der Waals surface area contributed by atoms with Crippen molar-refractivity contribution in [3.05, 3.63) is 38.4 Å². The van der Waals surface area contributed by atoms with Crippen LogP contribution in [0.15, 0.2) is 9.90 Å². The Morgan fingerprint density at radius 1 is 1.54 bits per heavy atom. The number of fused-ring (bicyclic) bond motifs is 1. The number of aliphatic hydroxyl groups excluding tert-OH is 1. The number of nitrogens with zero attached hydrogens (tertiary/aromatic N) is 2. The van der Waals surface area contributed by atoms with Crippen LogP contribution < -0.4 is 5.32 Å². The van der Waals surface area contributed by atoms with Crippen molar-refractivity contribution in [1.29, 1.82) is 0 Å². The first-order valence-electron chi connectivity index (χ1n) is 8.15. The Hall–Kier alpha value is -1.70. The summed E-state index contributed by atoms with van der Waals surface area (Å²) < 4.78 is 5.24. The van der Waals surface area contributed by atoms with E-state index in [0.717, 1.165) is 54.2 Å². The molecule has 1 amide bonds. The number of nitrogens with one attached hydrogen (secondary N) is 1. The van der Waals surface area contributed by atoms with Crippen molar-refractivity contribution in [3.63, 3.8) is 0 Å². The van der Waals surface area contributed by atoms with Crippen molar-refractivity contribution in [2.45, 2.75) is 46.4 Å². The number of hydrogen-bond acceptors (Lipinski definition) is 6. The van der Waals surface area contributed by atoms with Crippen molar-refractivity contribution < 1.29 is 14.4 Å². The number of aryl methyl sites for hydroxylation is 2. The van der Waals surface area contributed by atoms with Gasteiger partial charge < -0.3 is 14.9 Å². The summed E-state index contributed by atoms with van der Waals surface area (Å²) in [6.45, 7) is 8.43. The fourth-order valence-electron chi connectivity index (χ4n) is 2.99. The zero-order chi connectivity index (χ0) is 17.3. The maximum Gasteiger partial charge on any atom is 0.252 e. The minimum Gasteiger partial charge on any atom is -0.392 e. The fourth-order valence-corrected chi connectivity index (χ4v) is 4.11. The molecule has 0 aromatic carbocycles. The first kappa shape index (κ1) is 17.1. The van der Waals surface area contributed by atoms with Gasteiger partial charge in [-0.15, -0.1) is 11.3 Å². The van der Waals surface area contributed by atoms with Crippen LogP contribution in [0.25, 0.3) is 0 Å². The van der Waals surface area contributed by atoms with Crippen molar-refractivity contribution in [2.24, 2.45) is 0 Å². The maximum absolute atomic E-state index is 12.3. The van der Waals surface area contributed by atoms with Crippen molar-refractivity contribution >= 4 is 17.2 Å². The third-order valence-electron chi connectivity index (χ3n) is 4.39. The number of hydrogen-bond donors (Lipinski definition) is 2. The average Bonchev–Trinajstić information content (AvgIpc) is 3.10. The van der Waals surface area contributed by atoms with Gasteiger partial charge >= 0.3 is 0 Å². The first-order valence-corrected chi connectivity index (χ1v) is 9.03. The van der Waals surface area contributed by atoms with Crippen molar-refractivity contribution in [2.75, 3.05) is 13.1 Å². The smallest absolute Gasteiger partial charge is 0.252 e. The SMILES string of the molecule is Cc1noc(C)c1CN1CCc2c(C(=O)NC[C@H](C)O)csc2C1. The largest absolute Gasteiger partial charge is 0.392 e. The monoisotopic (exact) mass is 349 g/mol. The molecule has 7 heteroatoms. The first-order chi connectivity index (χ1) is 11.5. The van der Waals surface area contributed by atoms with Crippen LogP contribution in [0.4, 0.5) is 0 Å². The average molecular weight is 349 g/mol. The molecule has 2 N–H and O–H groups in total. The maximum atomic E-state index is 12.3. The van der Waals surface area contributed by atoms with Crippen LogP contribution in [-0.4, -0.2) is 40.3 Å². The van der Waals surface area contributed by atoms with E-state index in [2.05, 4.69) is 15.4 Å². The van der Waals surface area contributed by atoms with Gasteiger partial charge in [0.1, 0.15) is 5.76 Å². The van der Waals surface area contributed by atoms with E-state index in [-0.39, 0.29) is 12.5 Å². The summed E-state index contributed by atoms with van der Waals surface area (Å²) in [6, 6.07) is 0. The number of carbonyl (C=O) groups is 1. The van der Waals surface area contributed by atoms with E-state index in [4.69, 9.17) is 4.52 Å². The van der Waals surface area contributed by atoms with Gasteiger partial charge in [0.15, 0.2) is 0 Å². The molecule has 3 heterocycles. The zero-order valence-electron chi connectivity index (χ0n) is 14.3. The van der Waals surface area contributed by atoms with Gasteiger partial charge in [-0.3, -0.25) is 9.69 Å². The summed E-state index contributed by atoms with van der Waals surface area (Å²) in [5, 5.41) is 18.0. The normalized spacial score (nSPS) is 16.0. The lowest BCUT2D eigenvalue weighted by Gasteiger charge is -2.27. The third kappa shape index (κ3) is 3.53. The van der Waals surface area contributed by atoms with Crippen LogP contribution >= 0.6 is 11.3 Å². The van der Waals surface area contributed by atoms with Crippen molar-refractivity contribution in [1.82, 2.24) is 15.4 Å². The molecule has 0 unspecified atom stereocenters. The predicted molar refractivity (Wildman–Crippen MR) is 92.1 cm³/mol. The molecule has 3 rings (SSSR count). The van der Waals surface area contributed by atoms with E-state index in [9.17, 15) is 9.90 Å². The van der Waals surface area contributed by atoms with E-state index < -0.39 is 6.10 Å². The Kier molecular flexibility index (Phi) is 5.03. The molecular weight excluding hydrogens is 326 g/mol. The summed E-state index contributed by atoms with van der Waals surface area (Å²) in [6.07, 6.45) is 0.327. The van der Waals surface area contributed by atoms with Gasteiger partial charge in [0.2, 0.25) is 0 Å². The second-order valence-electron chi connectivity index (χ2n) is 6.37. The van der Waals surface area contributed by atoms with Gasteiger partial charge in [-0.25, -0.2) is 0 Å². The van der Waals surface area contributed by atoms with Gasteiger partial charge in [-0.05, 0) is 32.8 Å². The highest BCUT2D eigenvalue weighted by molar-refractivity contribution is 7.10. The molecule has 0 saturated carbocycles. The molecule has 1 atom stereocenters. The van der Waals surface area contributed by atoms with E-state index >= 15 is 0 Å². The highest BCUT2D eigenvalue weighted by Gasteiger charge is 2.25. The molecule has 1 aliphatic rings. The number of amides is 1. The van der Waals surface area contributed by atoms with Crippen LogP contribution in [0.2, 0.25) is 0 Å². The molecule has 130 valence electrons. The van der Waals surface area contributed by atoms with Crippen LogP contribution in [-0.2, 0) is 19.5 Å². The molecule has 0 aliphatic carbocycles. The molecule has 0 fully saturated rings. The molecular formula is C17H23N3O3S. The molecule has 0 bridgehead atoms. The number of aromatic nitrogens is 1. The Labute approximate surface area is 145 Å². The molecule has 6 nitrogen and oxygen atoms in total. The lowest BCUT2D eigenvalue weighted by Crippen LogP contribution is -2.33. The third-order valence-corrected chi connectivity index (χ3v) is 5.41. The van der Waals surface area contributed by atoms with Crippen LogP contribution in [0.1, 0.15) is 44.7 Å². The second kappa shape index (κ2) is 7.04. The van der Waals surface area contributed by atoms with Crippen molar-refractivity contribution in [3.8, 4) is 0 Å². The molecule has 24 heavy (non-hydrogen) atoms. The molecule has 0 spiro atoms. The minimum absolute atomic E-state index is 0.0902. The summed E-state index contributed by atoms with van der Waals surface area (Å²) in [7, 11) is 0. The minimum atomic E-state index is -0.533. The number of rotatable bonds is 5. The summed E-state index contributed by atoms with van der Waals surface area (Å²) in [5.41, 5.74) is 4.01. The zero-order valence-corrected chi connectivity index (χ0v) is 15.1. The molecule has 0 radical (unpaired) electrons. The quantitative estimate of drug-likeness (QED) is 0.863. The lowest BCUT2D eigenvalue weighted by molar-refractivity contribution is 0.0922. The Morgan fingerprint density at radius 2 is 2.33 bits per heavy atom. The summed E-state index contributed by atoms with van der Waals surface area (Å²) in [4.78, 5) is 15.9. The van der Waals surface area contributed by atoms with E-state index in [0.29, 0.717) is 0 Å². The highest BCUT2D eigenvalue weighted by Crippen LogP contribution is 2.30. The van der Waals surface area contributed by atoms with E-state index in [1.807, 2.05) is 19.2 Å². The van der Waals surface area contributed by atoms with Gasteiger partial charge in [0, 0.05) is 42.0 Å². The van der Waals surface area contributed by atoms with E-state index in [1.54, 1.807) is 18.3 Å².